The number of phenols is 1. The van der Waals surface area contributed by atoms with Crippen molar-refractivity contribution in [3.8, 4) is 5.75 Å². The molecule has 2 aliphatic rings. The molecule has 1 aromatic rings. The number of methoxy groups -OCH3 is 1. The third-order valence-electron chi connectivity index (χ3n) is 7.88. The van der Waals surface area contributed by atoms with Gasteiger partial charge < -0.3 is 25.2 Å². The van der Waals surface area contributed by atoms with Crippen LogP contribution in [0.5, 0.6) is 5.75 Å². The number of amides is 2. The molecule has 39 heavy (non-hydrogen) atoms. The third-order valence-corrected chi connectivity index (χ3v) is 7.88. The minimum atomic E-state index is -0.906. The minimum Gasteiger partial charge on any atom is -0.508 e. The summed E-state index contributed by atoms with van der Waals surface area (Å²) in [4.78, 5) is 38.6. The highest BCUT2D eigenvalue weighted by Crippen LogP contribution is 2.46. The summed E-state index contributed by atoms with van der Waals surface area (Å²) in [5.74, 6) is -3.28. The molecule has 0 aromatic heterocycles. The first kappa shape index (κ1) is 30.5. The normalized spacial score (nSPS) is 22.4. The van der Waals surface area contributed by atoms with Gasteiger partial charge in [0.25, 0.3) is 0 Å². The Kier molecular flexibility index (Phi) is 11.3. The number of allylic oxidation sites excluding steroid dienone is 1. The number of aromatic hydroxyl groups is 1. The van der Waals surface area contributed by atoms with E-state index in [9.17, 15) is 29.7 Å². The summed E-state index contributed by atoms with van der Waals surface area (Å²) in [6.45, 7) is 2.10. The Balaban J connectivity index is 1.75. The first-order valence-corrected chi connectivity index (χ1v) is 13.8. The number of carboxylic acid groups (broad SMARTS) is 1. The SMILES string of the molecule is CC/C(=C\c1ccc(O)cc1)CC[C@@H](O)C1=C(COC)C[C@H]2C(=O)N(CCCCCC(=O)O)C(=O)[C@H]2[C@H]1CO. The van der Waals surface area contributed by atoms with E-state index in [1.165, 1.54) is 12.0 Å². The maximum atomic E-state index is 13.4. The van der Waals surface area contributed by atoms with Crippen molar-refractivity contribution in [3.63, 3.8) is 0 Å². The lowest BCUT2D eigenvalue weighted by atomic mass is 9.68. The number of phenolic OH excluding ortho intramolecular Hbond substituents is 1. The summed E-state index contributed by atoms with van der Waals surface area (Å²) in [6, 6.07) is 6.90. The van der Waals surface area contributed by atoms with E-state index in [0.29, 0.717) is 44.1 Å². The zero-order valence-corrected chi connectivity index (χ0v) is 22.8. The molecule has 1 heterocycles. The molecule has 9 nitrogen and oxygen atoms in total. The second-order valence-electron chi connectivity index (χ2n) is 10.5. The minimum absolute atomic E-state index is 0.0507. The molecule has 3 rings (SSSR count). The number of carboxylic acids is 1. The summed E-state index contributed by atoms with van der Waals surface area (Å²) < 4.78 is 5.40. The Morgan fingerprint density at radius 2 is 1.85 bits per heavy atom. The summed E-state index contributed by atoms with van der Waals surface area (Å²) in [6.07, 6.45) is 4.84. The molecular weight excluding hydrogens is 502 g/mol. The van der Waals surface area contributed by atoms with E-state index < -0.39 is 29.8 Å². The fraction of sp³-hybridized carbons (Fsp3) is 0.567. The molecular formula is C30H41NO8. The van der Waals surface area contributed by atoms with Crippen molar-refractivity contribution in [1.29, 1.82) is 0 Å². The molecule has 4 atom stereocenters. The molecule has 0 bridgehead atoms. The highest BCUT2D eigenvalue weighted by molar-refractivity contribution is 6.05. The van der Waals surface area contributed by atoms with Crippen LogP contribution >= 0.6 is 0 Å². The van der Waals surface area contributed by atoms with E-state index in [2.05, 4.69) is 0 Å². The summed E-state index contributed by atoms with van der Waals surface area (Å²) in [7, 11) is 1.54. The Hall–Kier alpha value is -3.01. The average molecular weight is 544 g/mol. The van der Waals surface area contributed by atoms with Crippen LogP contribution in [0.4, 0.5) is 0 Å². The Morgan fingerprint density at radius 1 is 1.13 bits per heavy atom. The number of nitrogens with zero attached hydrogens (tertiary/aromatic N) is 1. The number of aliphatic carboxylic acids is 1. The van der Waals surface area contributed by atoms with E-state index in [-0.39, 0.29) is 43.7 Å². The number of hydrogen-bond acceptors (Lipinski definition) is 7. The first-order valence-electron chi connectivity index (χ1n) is 13.8. The zero-order chi connectivity index (χ0) is 28.5. The number of fused-ring (bicyclic) bond motifs is 1. The molecule has 214 valence electrons. The van der Waals surface area contributed by atoms with E-state index in [1.807, 2.05) is 25.1 Å². The molecule has 1 aromatic carbocycles. The fourth-order valence-electron chi connectivity index (χ4n) is 5.91. The summed E-state index contributed by atoms with van der Waals surface area (Å²) in [5.41, 5.74) is 3.43. The number of carbonyl (C=O) groups excluding carboxylic acids is 2. The number of aliphatic hydroxyl groups excluding tert-OH is 2. The molecule has 2 amide bonds. The van der Waals surface area contributed by atoms with Gasteiger partial charge in [-0.3, -0.25) is 19.3 Å². The Labute approximate surface area is 229 Å². The van der Waals surface area contributed by atoms with Crippen LogP contribution < -0.4 is 0 Å². The van der Waals surface area contributed by atoms with Gasteiger partial charge in [0, 0.05) is 26.0 Å². The quantitative estimate of drug-likeness (QED) is 0.149. The Bertz CT molecular complexity index is 1080. The number of carbonyl (C=O) groups is 3. The molecule has 0 saturated carbocycles. The predicted molar refractivity (Wildman–Crippen MR) is 146 cm³/mol. The number of benzene rings is 1. The monoisotopic (exact) mass is 543 g/mol. The van der Waals surface area contributed by atoms with Gasteiger partial charge in [-0.1, -0.05) is 37.1 Å². The molecule has 0 spiro atoms. The fourth-order valence-corrected chi connectivity index (χ4v) is 5.91. The van der Waals surface area contributed by atoms with Crippen molar-refractivity contribution in [3.05, 3.63) is 46.5 Å². The number of ether oxygens (including phenoxy) is 1. The van der Waals surface area contributed by atoms with Crippen LogP contribution in [0.3, 0.4) is 0 Å². The lowest BCUT2D eigenvalue weighted by Gasteiger charge is -2.36. The van der Waals surface area contributed by atoms with Crippen LogP contribution in [-0.2, 0) is 19.1 Å². The van der Waals surface area contributed by atoms with Gasteiger partial charge >= 0.3 is 5.97 Å². The maximum absolute atomic E-state index is 13.4. The number of imide groups is 1. The second kappa shape index (κ2) is 14.4. The van der Waals surface area contributed by atoms with Crippen LogP contribution in [0, 0.1) is 17.8 Å². The maximum Gasteiger partial charge on any atom is 0.303 e. The van der Waals surface area contributed by atoms with Crippen LogP contribution in [0.2, 0.25) is 0 Å². The van der Waals surface area contributed by atoms with Crippen molar-refractivity contribution >= 4 is 23.9 Å². The van der Waals surface area contributed by atoms with E-state index >= 15 is 0 Å². The second-order valence-corrected chi connectivity index (χ2v) is 10.5. The molecule has 4 N–H and O–H groups in total. The largest absolute Gasteiger partial charge is 0.508 e. The van der Waals surface area contributed by atoms with Crippen LogP contribution in [0.1, 0.15) is 63.9 Å². The Morgan fingerprint density at radius 3 is 2.46 bits per heavy atom. The van der Waals surface area contributed by atoms with Gasteiger partial charge in [-0.25, -0.2) is 0 Å². The van der Waals surface area contributed by atoms with Crippen molar-refractivity contribution in [2.75, 3.05) is 26.9 Å². The van der Waals surface area contributed by atoms with E-state index in [1.54, 1.807) is 12.1 Å². The van der Waals surface area contributed by atoms with Crippen LogP contribution in [-0.4, -0.2) is 76.1 Å². The van der Waals surface area contributed by atoms with Crippen molar-refractivity contribution in [2.24, 2.45) is 17.8 Å². The highest BCUT2D eigenvalue weighted by atomic mass is 16.5. The number of aliphatic hydroxyl groups is 2. The van der Waals surface area contributed by atoms with Crippen molar-refractivity contribution in [1.82, 2.24) is 4.90 Å². The molecule has 0 unspecified atom stereocenters. The van der Waals surface area contributed by atoms with Crippen molar-refractivity contribution in [2.45, 2.75) is 64.4 Å². The highest BCUT2D eigenvalue weighted by Gasteiger charge is 2.54. The van der Waals surface area contributed by atoms with Gasteiger partial charge in [-0.2, -0.15) is 0 Å². The van der Waals surface area contributed by atoms with Gasteiger partial charge in [0.05, 0.1) is 31.2 Å². The first-order chi connectivity index (χ1) is 18.7. The third kappa shape index (κ3) is 7.56. The van der Waals surface area contributed by atoms with Gasteiger partial charge in [0.2, 0.25) is 11.8 Å². The lowest BCUT2D eigenvalue weighted by molar-refractivity contribution is -0.141. The molecule has 1 saturated heterocycles. The van der Waals surface area contributed by atoms with Crippen molar-refractivity contribution < 1.29 is 39.5 Å². The summed E-state index contributed by atoms with van der Waals surface area (Å²) in [5, 5.41) is 40.1. The van der Waals surface area contributed by atoms with Crippen LogP contribution in [0.15, 0.2) is 41.0 Å². The van der Waals surface area contributed by atoms with Gasteiger partial charge in [-0.15, -0.1) is 0 Å². The number of rotatable bonds is 15. The topological polar surface area (TPSA) is 145 Å². The number of unbranched alkanes of at least 4 members (excludes halogenated alkanes) is 2. The van der Waals surface area contributed by atoms with Gasteiger partial charge in [-0.05, 0) is 67.4 Å². The van der Waals surface area contributed by atoms with E-state index in [4.69, 9.17) is 9.84 Å². The molecule has 1 aliphatic heterocycles. The lowest BCUT2D eigenvalue weighted by Crippen LogP contribution is -2.39. The van der Waals surface area contributed by atoms with Gasteiger partial charge in [0.15, 0.2) is 0 Å². The van der Waals surface area contributed by atoms with Gasteiger partial charge in [0.1, 0.15) is 5.75 Å². The molecule has 0 radical (unpaired) electrons. The van der Waals surface area contributed by atoms with Crippen LogP contribution in [0.25, 0.3) is 6.08 Å². The summed E-state index contributed by atoms with van der Waals surface area (Å²) >= 11 is 0. The number of likely N-dealkylation sites (tertiary alicyclic amines) is 1. The van der Waals surface area contributed by atoms with E-state index in [0.717, 1.165) is 23.1 Å². The average Bonchev–Trinajstić information content (AvgIpc) is 3.15. The predicted octanol–water partition coefficient (Wildman–Crippen LogP) is 3.53. The smallest absolute Gasteiger partial charge is 0.303 e. The molecule has 9 heteroatoms. The zero-order valence-electron chi connectivity index (χ0n) is 22.8. The number of hydrogen-bond donors (Lipinski definition) is 4. The standard InChI is InChI=1S/C30H41NO8/c1-3-19(15-20-8-11-22(33)12-9-20)10-13-25(34)27-21(18-39-2)16-23-28(24(27)17-32)30(38)31(29(23)37)14-6-4-5-7-26(35)36/h8-9,11-12,15,23-25,28,32-34H,3-7,10,13-14,16-18H2,1-2H3,(H,35,36)/b19-15+/t23-,24+,25-,28-/m1/s1. The molecule has 1 aliphatic carbocycles. The molecule has 1 fully saturated rings.